The van der Waals surface area contributed by atoms with Gasteiger partial charge >= 0.3 is 0 Å². The topological polar surface area (TPSA) is 145 Å². The largest absolute Gasteiger partial charge is 0.342 e. The van der Waals surface area contributed by atoms with Crippen molar-refractivity contribution in [2.45, 2.75) is 36.8 Å². The number of ketones is 2. The number of Topliss-reactive ketones (excluding diaryl/α,β-unsaturated/α-hetero) is 2. The molecule has 1 aromatic heterocycles. The zero-order valence-corrected chi connectivity index (χ0v) is 15.4. The first-order valence-corrected chi connectivity index (χ1v) is 9.87. The molecule has 2 aliphatic heterocycles. The summed E-state index contributed by atoms with van der Waals surface area (Å²) in [7, 11) is 0. The van der Waals surface area contributed by atoms with Crippen molar-refractivity contribution in [1.82, 2.24) is 31.2 Å². The minimum absolute atomic E-state index is 0.0476. The van der Waals surface area contributed by atoms with E-state index in [4.69, 9.17) is 0 Å². The van der Waals surface area contributed by atoms with Gasteiger partial charge in [0.2, 0.25) is 17.5 Å². The minimum atomic E-state index is -1.60. The number of imidazole rings is 1. The number of aromatic amines is 1. The number of nitrogens with one attached hydrogen (secondary N) is 5. The third-order valence-corrected chi connectivity index (χ3v) is 5.46. The van der Waals surface area contributed by atoms with E-state index >= 15 is 0 Å². The summed E-state index contributed by atoms with van der Waals surface area (Å²) in [6, 6.07) is -2.09. The summed E-state index contributed by atoms with van der Waals surface area (Å²) in [5.41, 5.74) is -0.341. The molecular formula is C16H22N6O4S. The molecular weight excluding hydrogens is 372 g/mol. The molecule has 0 bridgehead atoms. The van der Waals surface area contributed by atoms with Gasteiger partial charge in [0.15, 0.2) is 6.04 Å². The fourth-order valence-electron chi connectivity index (χ4n) is 2.95. The molecule has 0 saturated carbocycles. The van der Waals surface area contributed by atoms with Crippen molar-refractivity contribution < 1.29 is 19.2 Å². The molecule has 1 aromatic rings. The predicted octanol–water partition coefficient (Wildman–Crippen LogP) is -1.48. The number of carbonyl (C=O) groups is 4. The SMILES string of the molecule is O=C(NC1NCCS1)C(=O)[C@@H](NC(=O)C1CCCCN1)C(=O)c1cnc[nH]1. The van der Waals surface area contributed by atoms with Crippen LogP contribution in [0.15, 0.2) is 12.5 Å². The Kier molecular flexibility index (Phi) is 6.58. The number of nitrogens with zero attached hydrogens (tertiary/aromatic N) is 1. The van der Waals surface area contributed by atoms with E-state index in [-0.39, 0.29) is 11.2 Å². The van der Waals surface area contributed by atoms with Gasteiger partial charge in [-0.2, -0.15) is 0 Å². The Hall–Kier alpha value is -2.24. The summed E-state index contributed by atoms with van der Waals surface area (Å²) in [5.74, 6) is -2.30. The molecule has 3 rings (SSSR count). The number of piperidine rings is 1. The van der Waals surface area contributed by atoms with Crippen LogP contribution in [0.3, 0.4) is 0 Å². The fraction of sp³-hybridized carbons (Fsp3) is 0.562. The van der Waals surface area contributed by atoms with Crippen LogP contribution in [0.25, 0.3) is 0 Å². The molecule has 10 nitrogen and oxygen atoms in total. The summed E-state index contributed by atoms with van der Waals surface area (Å²) in [6.45, 7) is 1.40. The number of rotatable bonds is 7. The van der Waals surface area contributed by atoms with Gasteiger partial charge in [-0.1, -0.05) is 6.42 Å². The average molecular weight is 394 g/mol. The first kappa shape index (κ1) is 19.5. The average Bonchev–Trinajstić information content (AvgIpc) is 3.39. The van der Waals surface area contributed by atoms with Gasteiger partial charge in [0, 0.05) is 12.3 Å². The van der Waals surface area contributed by atoms with Crippen LogP contribution in [0.4, 0.5) is 0 Å². The zero-order valence-electron chi connectivity index (χ0n) is 14.6. The normalized spacial score (nSPS) is 23.4. The third-order valence-electron chi connectivity index (χ3n) is 4.40. The highest BCUT2D eigenvalue weighted by atomic mass is 32.2. The molecule has 3 heterocycles. The molecule has 2 fully saturated rings. The van der Waals surface area contributed by atoms with E-state index in [1.54, 1.807) is 0 Å². The van der Waals surface area contributed by atoms with E-state index in [2.05, 4.69) is 31.2 Å². The lowest BCUT2D eigenvalue weighted by Gasteiger charge is -2.25. The fourth-order valence-corrected chi connectivity index (χ4v) is 3.85. The first-order valence-electron chi connectivity index (χ1n) is 8.82. The number of hydrogen-bond donors (Lipinski definition) is 5. The zero-order chi connectivity index (χ0) is 19.2. The van der Waals surface area contributed by atoms with Gasteiger partial charge in [0.1, 0.15) is 11.2 Å². The van der Waals surface area contributed by atoms with E-state index in [1.165, 1.54) is 24.3 Å². The van der Waals surface area contributed by atoms with E-state index in [0.29, 0.717) is 19.5 Å². The van der Waals surface area contributed by atoms with Crippen molar-refractivity contribution in [3.05, 3.63) is 18.2 Å². The summed E-state index contributed by atoms with van der Waals surface area (Å²) >= 11 is 1.45. The Bertz CT molecular complexity index is 698. The maximum Gasteiger partial charge on any atom is 0.291 e. The van der Waals surface area contributed by atoms with Crippen LogP contribution < -0.4 is 21.3 Å². The molecule has 0 aromatic carbocycles. The number of H-pyrrole nitrogens is 1. The third kappa shape index (κ3) is 4.93. The lowest BCUT2D eigenvalue weighted by molar-refractivity contribution is -0.139. The van der Waals surface area contributed by atoms with Crippen molar-refractivity contribution in [3.63, 3.8) is 0 Å². The van der Waals surface area contributed by atoms with E-state index in [0.717, 1.165) is 18.6 Å². The monoisotopic (exact) mass is 394 g/mol. The second-order valence-electron chi connectivity index (χ2n) is 6.32. The Morgan fingerprint density at radius 1 is 1.19 bits per heavy atom. The molecule has 2 aliphatic rings. The minimum Gasteiger partial charge on any atom is -0.342 e. The number of amides is 2. The van der Waals surface area contributed by atoms with Crippen molar-refractivity contribution in [3.8, 4) is 0 Å². The lowest BCUT2D eigenvalue weighted by Crippen LogP contribution is -2.57. The van der Waals surface area contributed by atoms with E-state index < -0.39 is 35.5 Å². The Morgan fingerprint density at radius 3 is 2.67 bits per heavy atom. The van der Waals surface area contributed by atoms with Gasteiger partial charge in [-0.15, -0.1) is 11.8 Å². The van der Waals surface area contributed by atoms with Gasteiger partial charge in [-0.3, -0.25) is 24.5 Å². The van der Waals surface area contributed by atoms with Crippen molar-refractivity contribution in [2.24, 2.45) is 0 Å². The highest BCUT2D eigenvalue weighted by Gasteiger charge is 2.37. The standard InChI is InChI=1S/C16H22N6O4S/c23-12(10-7-17-8-20-10)11(21-14(25)9-3-1-2-4-18-9)13(24)15(26)22-16-19-5-6-27-16/h7-9,11,16,18-19H,1-6H2,(H,17,20)(H,21,25)(H,22,26)/t9?,11-,16?/m0/s1. The number of hydrogen-bond acceptors (Lipinski definition) is 8. The lowest BCUT2D eigenvalue weighted by atomic mass is 10.0. The number of aromatic nitrogens is 2. The molecule has 0 radical (unpaired) electrons. The Labute approximate surface area is 160 Å². The van der Waals surface area contributed by atoms with Crippen molar-refractivity contribution >= 4 is 35.1 Å². The van der Waals surface area contributed by atoms with Crippen LogP contribution in [0, 0.1) is 0 Å². The highest BCUT2D eigenvalue weighted by Crippen LogP contribution is 2.11. The van der Waals surface area contributed by atoms with E-state index in [9.17, 15) is 19.2 Å². The number of carbonyl (C=O) groups excluding carboxylic acids is 4. The Balaban J connectivity index is 1.71. The molecule has 0 aliphatic carbocycles. The maximum atomic E-state index is 12.7. The second kappa shape index (κ2) is 9.11. The summed E-state index contributed by atoms with van der Waals surface area (Å²) < 4.78 is 0. The maximum absolute atomic E-state index is 12.7. The van der Waals surface area contributed by atoms with Crippen LogP contribution in [-0.4, -0.2) is 69.8 Å². The second-order valence-corrected chi connectivity index (χ2v) is 7.53. The Morgan fingerprint density at radius 2 is 2.04 bits per heavy atom. The van der Waals surface area contributed by atoms with Crippen LogP contribution >= 0.6 is 11.8 Å². The molecule has 3 atom stereocenters. The van der Waals surface area contributed by atoms with Gasteiger partial charge in [-0.05, 0) is 19.4 Å². The molecule has 2 amide bonds. The van der Waals surface area contributed by atoms with Gasteiger partial charge in [0.25, 0.3) is 5.91 Å². The molecule has 2 unspecified atom stereocenters. The highest BCUT2D eigenvalue weighted by molar-refractivity contribution is 8.00. The molecule has 5 N–H and O–H groups in total. The smallest absolute Gasteiger partial charge is 0.291 e. The van der Waals surface area contributed by atoms with Crippen LogP contribution in [0.1, 0.15) is 29.8 Å². The van der Waals surface area contributed by atoms with Crippen molar-refractivity contribution in [1.29, 1.82) is 0 Å². The van der Waals surface area contributed by atoms with E-state index in [1.807, 2.05) is 0 Å². The van der Waals surface area contributed by atoms with Gasteiger partial charge in [0.05, 0.1) is 18.6 Å². The predicted molar refractivity (Wildman–Crippen MR) is 97.9 cm³/mol. The quantitative estimate of drug-likeness (QED) is 0.214. The molecule has 27 heavy (non-hydrogen) atoms. The molecule has 0 spiro atoms. The van der Waals surface area contributed by atoms with Crippen LogP contribution in [0.5, 0.6) is 0 Å². The number of thioether (sulfide) groups is 1. The van der Waals surface area contributed by atoms with Crippen molar-refractivity contribution in [2.75, 3.05) is 18.8 Å². The summed E-state index contributed by atoms with van der Waals surface area (Å²) in [5, 5.41) is 11.0. The molecule has 11 heteroatoms. The summed E-state index contributed by atoms with van der Waals surface area (Å²) in [4.78, 5) is 56.5. The molecule has 146 valence electrons. The molecule has 2 saturated heterocycles. The first-order chi connectivity index (χ1) is 13.1. The van der Waals surface area contributed by atoms with Crippen LogP contribution in [-0.2, 0) is 14.4 Å². The summed E-state index contributed by atoms with van der Waals surface area (Å²) in [6.07, 6.45) is 5.00. The van der Waals surface area contributed by atoms with Gasteiger partial charge < -0.3 is 20.9 Å². The van der Waals surface area contributed by atoms with Crippen LogP contribution in [0.2, 0.25) is 0 Å². The van der Waals surface area contributed by atoms with Gasteiger partial charge in [-0.25, -0.2) is 4.98 Å².